The first-order chi connectivity index (χ1) is 9.06. The molecule has 0 aliphatic carbocycles. The number of thiazole rings is 1. The number of aryl methyl sites for hydroxylation is 2. The van der Waals surface area contributed by atoms with Crippen molar-refractivity contribution in [1.29, 1.82) is 0 Å². The van der Waals surface area contributed by atoms with Crippen molar-refractivity contribution in [2.75, 3.05) is 0 Å². The average Bonchev–Trinajstić information content (AvgIpc) is 2.68. The van der Waals surface area contributed by atoms with Crippen LogP contribution in [0.5, 0.6) is 0 Å². The third-order valence-electron chi connectivity index (χ3n) is 2.52. The number of rotatable bonds is 4. The largest absolute Gasteiger partial charge is 0.350 e. The van der Waals surface area contributed by atoms with Gasteiger partial charge in [0.2, 0.25) is 5.91 Å². The Bertz CT molecular complexity index is 647. The monoisotopic (exact) mass is 278 g/mol. The zero-order chi connectivity index (χ0) is 13.8. The SMILES string of the molecule is Cc1nc(C)c(CNC(=O)Cn2ncccc2=O)s1. The molecule has 0 saturated carbocycles. The molecule has 0 aliphatic rings. The van der Waals surface area contributed by atoms with Gasteiger partial charge in [-0.15, -0.1) is 11.3 Å². The Labute approximate surface area is 114 Å². The smallest absolute Gasteiger partial charge is 0.267 e. The lowest BCUT2D eigenvalue weighted by atomic mass is 10.4. The van der Waals surface area contributed by atoms with Crippen LogP contribution >= 0.6 is 11.3 Å². The fourth-order valence-electron chi connectivity index (χ4n) is 1.61. The maximum Gasteiger partial charge on any atom is 0.267 e. The van der Waals surface area contributed by atoms with E-state index in [1.54, 1.807) is 17.4 Å². The summed E-state index contributed by atoms with van der Waals surface area (Å²) in [5.74, 6) is -0.244. The van der Waals surface area contributed by atoms with Crippen molar-refractivity contribution in [3.63, 3.8) is 0 Å². The van der Waals surface area contributed by atoms with E-state index in [-0.39, 0.29) is 18.0 Å². The van der Waals surface area contributed by atoms with E-state index in [0.717, 1.165) is 20.3 Å². The summed E-state index contributed by atoms with van der Waals surface area (Å²) >= 11 is 1.56. The second-order valence-corrected chi connectivity index (χ2v) is 5.33. The lowest BCUT2D eigenvalue weighted by Crippen LogP contribution is -2.32. The number of nitrogens with zero attached hydrogens (tertiary/aromatic N) is 3. The minimum Gasteiger partial charge on any atom is -0.350 e. The number of nitrogens with one attached hydrogen (secondary N) is 1. The molecule has 2 aromatic heterocycles. The second-order valence-electron chi connectivity index (χ2n) is 4.04. The molecule has 0 radical (unpaired) electrons. The summed E-state index contributed by atoms with van der Waals surface area (Å²) in [6, 6.07) is 2.91. The van der Waals surface area contributed by atoms with Crippen molar-refractivity contribution in [2.24, 2.45) is 0 Å². The Morgan fingerprint density at radius 1 is 1.47 bits per heavy atom. The normalized spacial score (nSPS) is 10.4. The highest BCUT2D eigenvalue weighted by Gasteiger charge is 2.08. The zero-order valence-electron chi connectivity index (χ0n) is 10.7. The molecule has 100 valence electrons. The Hall–Kier alpha value is -2.02. The maximum atomic E-state index is 11.7. The summed E-state index contributed by atoms with van der Waals surface area (Å²) in [6.45, 7) is 4.19. The van der Waals surface area contributed by atoms with Gasteiger partial charge in [-0.05, 0) is 19.9 Å². The van der Waals surface area contributed by atoms with Gasteiger partial charge >= 0.3 is 0 Å². The van der Waals surface area contributed by atoms with Crippen molar-refractivity contribution < 1.29 is 4.79 Å². The van der Waals surface area contributed by atoms with Gasteiger partial charge in [0.05, 0.1) is 17.2 Å². The van der Waals surface area contributed by atoms with Crippen molar-refractivity contribution >= 4 is 17.2 Å². The average molecular weight is 278 g/mol. The molecule has 0 saturated heterocycles. The molecule has 2 heterocycles. The minimum atomic E-state index is -0.289. The molecule has 0 bridgehead atoms. The van der Waals surface area contributed by atoms with E-state index in [2.05, 4.69) is 15.4 Å². The molecule has 0 fully saturated rings. The highest BCUT2D eigenvalue weighted by atomic mass is 32.1. The van der Waals surface area contributed by atoms with Crippen LogP contribution in [0.1, 0.15) is 15.6 Å². The summed E-state index contributed by atoms with van der Waals surface area (Å²) in [4.78, 5) is 28.4. The number of carbonyl (C=O) groups excluding carboxylic acids is 1. The van der Waals surface area contributed by atoms with Crippen molar-refractivity contribution in [2.45, 2.75) is 26.9 Å². The van der Waals surface area contributed by atoms with Crippen molar-refractivity contribution in [3.05, 3.63) is 44.3 Å². The Balaban J connectivity index is 1.94. The summed E-state index contributed by atoms with van der Waals surface area (Å²) in [5.41, 5.74) is 0.639. The number of hydrogen-bond donors (Lipinski definition) is 1. The molecule has 6 nitrogen and oxygen atoms in total. The summed E-state index contributed by atoms with van der Waals surface area (Å²) < 4.78 is 1.13. The quantitative estimate of drug-likeness (QED) is 0.890. The maximum absolute atomic E-state index is 11.7. The third kappa shape index (κ3) is 3.47. The van der Waals surface area contributed by atoms with Crippen LogP contribution in [0.3, 0.4) is 0 Å². The van der Waals surface area contributed by atoms with Crippen LogP contribution in [0.4, 0.5) is 0 Å². The zero-order valence-corrected chi connectivity index (χ0v) is 11.5. The van der Waals surface area contributed by atoms with Gasteiger partial charge in [-0.1, -0.05) is 0 Å². The van der Waals surface area contributed by atoms with Gasteiger partial charge in [-0.25, -0.2) is 9.67 Å². The van der Waals surface area contributed by atoms with E-state index in [9.17, 15) is 9.59 Å². The lowest BCUT2D eigenvalue weighted by Gasteiger charge is -2.05. The van der Waals surface area contributed by atoms with Gasteiger partial charge in [0.15, 0.2) is 0 Å². The molecule has 1 amide bonds. The number of amides is 1. The van der Waals surface area contributed by atoms with E-state index >= 15 is 0 Å². The van der Waals surface area contributed by atoms with Crippen molar-refractivity contribution in [1.82, 2.24) is 20.1 Å². The van der Waals surface area contributed by atoms with Crippen LogP contribution in [0.2, 0.25) is 0 Å². The van der Waals surface area contributed by atoms with Crippen LogP contribution in [0.15, 0.2) is 23.1 Å². The van der Waals surface area contributed by atoms with Crippen LogP contribution in [0.25, 0.3) is 0 Å². The minimum absolute atomic E-state index is 0.0729. The summed E-state index contributed by atoms with van der Waals surface area (Å²) in [5, 5.41) is 7.56. The molecule has 7 heteroatoms. The fraction of sp³-hybridized carbons (Fsp3) is 0.333. The molecular formula is C12H14N4O2S. The summed E-state index contributed by atoms with van der Waals surface area (Å²) in [7, 11) is 0. The molecule has 2 rings (SSSR count). The number of hydrogen-bond acceptors (Lipinski definition) is 5. The van der Waals surface area contributed by atoms with Crippen LogP contribution in [0, 0.1) is 13.8 Å². The van der Waals surface area contributed by atoms with Crippen LogP contribution in [-0.2, 0) is 17.9 Å². The van der Waals surface area contributed by atoms with E-state index < -0.39 is 0 Å². The molecule has 0 unspecified atom stereocenters. The van der Waals surface area contributed by atoms with Crippen LogP contribution < -0.4 is 10.9 Å². The van der Waals surface area contributed by atoms with Crippen molar-refractivity contribution in [3.8, 4) is 0 Å². The van der Waals surface area contributed by atoms with Gasteiger partial charge in [-0.3, -0.25) is 9.59 Å². The lowest BCUT2D eigenvalue weighted by molar-refractivity contribution is -0.122. The molecule has 19 heavy (non-hydrogen) atoms. The standard InChI is InChI=1S/C12H14N4O2S/c1-8-10(19-9(2)15-8)6-13-11(17)7-16-12(18)4-3-5-14-16/h3-5H,6-7H2,1-2H3,(H,13,17). The number of aromatic nitrogens is 3. The molecule has 1 N–H and O–H groups in total. The van der Waals surface area contributed by atoms with Gasteiger partial charge in [-0.2, -0.15) is 5.10 Å². The third-order valence-corrected chi connectivity index (χ3v) is 3.60. The molecule has 0 aromatic carbocycles. The Kier molecular flexibility index (Phi) is 4.06. The van der Waals surface area contributed by atoms with Gasteiger partial charge < -0.3 is 5.32 Å². The predicted octanol–water partition coefficient (Wildman–Crippen LogP) is 0.633. The van der Waals surface area contributed by atoms with Gasteiger partial charge in [0.1, 0.15) is 6.54 Å². The van der Waals surface area contributed by atoms with E-state index in [1.165, 1.54) is 12.3 Å². The Morgan fingerprint density at radius 2 is 2.26 bits per heavy atom. The van der Waals surface area contributed by atoms with Crippen LogP contribution in [-0.4, -0.2) is 20.7 Å². The Morgan fingerprint density at radius 3 is 2.89 bits per heavy atom. The van der Waals surface area contributed by atoms with E-state index in [1.807, 2.05) is 13.8 Å². The first kappa shape index (κ1) is 13.4. The first-order valence-electron chi connectivity index (χ1n) is 5.78. The molecule has 2 aromatic rings. The van der Waals surface area contributed by atoms with Gasteiger partial charge in [0, 0.05) is 17.1 Å². The highest BCUT2D eigenvalue weighted by molar-refractivity contribution is 7.11. The molecule has 0 spiro atoms. The fourth-order valence-corrected chi connectivity index (χ4v) is 2.49. The topological polar surface area (TPSA) is 76.9 Å². The van der Waals surface area contributed by atoms with E-state index in [4.69, 9.17) is 0 Å². The predicted molar refractivity (Wildman–Crippen MR) is 71.9 cm³/mol. The number of carbonyl (C=O) groups is 1. The van der Waals surface area contributed by atoms with Gasteiger partial charge in [0.25, 0.3) is 5.56 Å². The summed E-state index contributed by atoms with van der Waals surface area (Å²) in [6.07, 6.45) is 1.48. The molecule has 0 aliphatic heterocycles. The highest BCUT2D eigenvalue weighted by Crippen LogP contribution is 2.16. The first-order valence-corrected chi connectivity index (χ1v) is 6.59. The molecular weight excluding hydrogens is 264 g/mol. The molecule has 0 atom stereocenters. The second kappa shape index (κ2) is 5.75. The van der Waals surface area contributed by atoms with E-state index in [0.29, 0.717) is 6.54 Å².